The van der Waals surface area contributed by atoms with Gasteiger partial charge in [-0.25, -0.2) is 0 Å². The molecule has 0 saturated carbocycles. The number of hydrogen-bond donors (Lipinski definition) is 1. The molecule has 0 spiro atoms. The van der Waals surface area contributed by atoms with Crippen LogP contribution in [-0.2, 0) is 9.53 Å². The van der Waals surface area contributed by atoms with Gasteiger partial charge in [-0.2, -0.15) is 0 Å². The van der Waals surface area contributed by atoms with Crippen LogP contribution in [0.3, 0.4) is 0 Å². The van der Waals surface area contributed by atoms with Crippen LogP contribution in [0.2, 0.25) is 0 Å². The standard InChI is InChI=1S/C36H72O3/c1-3-5-7-9-11-13-15-17-18-19-20-22-24-26-28-30-32-34-36(38)39-35(37)33-31-29-27-25-23-21-16-14-12-10-8-6-4-2/h35,37H,3-34H2,1-2H3. The molecule has 0 fully saturated rings. The monoisotopic (exact) mass is 553 g/mol. The summed E-state index contributed by atoms with van der Waals surface area (Å²) in [5, 5.41) is 10.00. The van der Waals surface area contributed by atoms with Gasteiger partial charge in [0.1, 0.15) is 0 Å². The molecule has 1 unspecified atom stereocenters. The number of unbranched alkanes of at least 4 members (excludes halogenated alkanes) is 28. The van der Waals surface area contributed by atoms with Gasteiger partial charge in [-0.3, -0.25) is 4.79 Å². The van der Waals surface area contributed by atoms with Crippen molar-refractivity contribution in [3.05, 3.63) is 0 Å². The van der Waals surface area contributed by atoms with E-state index in [-0.39, 0.29) is 5.97 Å². The number of aliphatic hydroxyl groups is 1. The molecule has 0 saturated heterocycles. The van der Waals surface area contributed by atoms with E-state index in [4.69, 9.17) is 4.74 Å². The summed E-state index contributed by atoms with van der Waals surface area (Å²) in [5.41, 5.74) is 0. The number of aliphatic hydroxyl groups excluding tert-OH is 1. The molecule has 0 aromatic heterocycles. The first-order valence-corrected chi connectivity index (χ1v) is 18.1. The van der Waals surface area contributed by atoms with Gasteiger partial charge in [-0.1, -0.05) is 194 Å². The van der Waals surface area contributed by atoms with Crippen LogP contribution >= 0.6 is 0 Å². The third-order valence-electron chi connectivity index (χ3n) is 8.31. The van der Waals surface area contributed by atoms with Crippen LogP contribution in [0.5, 0.6) is 0 Å². The second kappa shape index (κ2) is 33.6. The number of ether oxygens (including phenoxy) is 1. The summed E-state index contributed by atoms with van der Waals surface area (Å²) in [6.07, 6.45) is 40.0. The molecule has 0 radical (unpaired) electrons. The molecule has 3 heteroatoms. The molecule has 0 rings (SSSR count). The second-order valence-electron chi connectivity index (χ2n) is 12.4. The Morgan fingerprint density at radius 1 is 0.436 bits per heavy atom. The lowest BCUT2D eigenvalue weighted by molar-refractivity contribution is -0.168. The number of carbonyl (C=O) groups excluding carboxylic acids is 1. The summed E-state index contributed by atoms with van der Waals surface area (Å²) in [5.74, 6) is -0.224. The normalized spacial score (nSPS) is 12.2. The largest absolute Gasteiger partial charge is 0.436 e. The van der Waals surface area contributed by atoms with Crippen molar-refractivity contribution in [1.82, 2.24) is 0 Å². The number of hydrogen-bond acceptors (Lipinski definition) is 3. The van der Waals surface area contributed by atoms with E-state index in [0.29, 0.717) is 12.8 Å². The molecule has 3 nitrogen and oxygen atoms in total. The van der Waals surface area contributed by atoms with Gasteiger partial charge in [0.05, 0.1) is 0 Å². The van der Waals surface area contributed by atoms with Crippen molar-refractivity contribution < 1.29 is 14.6 Å². The summed E-state index contributed by atoms with van der Waals surface area (Å²) >= 11 is 0. The van der Waals surface area contributed by atoms with Crippen molar-refractivity contribution in [3.8, 4) is 0 Å². The molecule has 1 N–H and O–H groups in total. The Morgan fingerprint density at radius 3 is 1.00 bits per heavy atom. The zero-order valence-corrected chi connectivity index (χ0v) is 27.0. The molecule has 39 heavy (non-hydrogen) atoms. The number of carbonyl (C=O) groups is 1. The van der Waals surface area contributed by atoms with E-state index in [0.717, 1.165) is 25.7 Å². The van der Waals surface area contributed by atoms with Crippen LogP contribution < -0.4 is 0 Å². The Bertz CT molecular complexity index is 464. The smallest absolute Gasteiger partial charge is 0.308 e. The van der Waals surface area contributed by atoms with E-state index >= 15 is 0 Å². The van der Waals surface area contributed by atoms with Crippen molar-refractivity contribution in [3.63, 3.8) is 0 Å². The molecule has 234 valence electrons. The Kier molecular flexibility index (Phi) is 33.1. The fourth-order valence-corrected chi connectivity index (χ4v) is 5.60. The molecule has 0 amide bonds. The van der Waals surface area contributed by atoms with Crippen molar-refractivity contribution in [2.75, 3.05) is 0 Å². The predicted octanol–water partition coefficient (Wildman–Crippen LogP) is 12.4. The fourth-order valence-electron chi connectivity index (χ4n) is 5.60. The minimum Gasteiger partial charge on any atom is -0.436 e. The van der Waals surface area contributed by atoms with E-state index in [1.807, 2.05) is 0 Å². The molecular formula is C36H72O3. The minimum absolute atomic E-state index is 0.224. The van der Waals surface area contributed by atoms with Gasteiger partial charge in [-0.15, -0.1) is 0 Å². The summed E-state index contributed by atoms with van der Waals surface area (Å²) in [6, 6.07) is 0. The Balaban J connectivity index is 3.26. The van der Waals surface area contributed by atoms with Gasteiger partial charge in [0, 0.05) is 12.8 Å². The second-order valence-corrected chi connectivity index (χ2v) is 12.4. The Labute approximate surface area is 246 Å². The van der Waals surface area contributed by atoms with Crippen LogP contribution in [0.4, 0.5) is 0 Å². The Hall–Kier alpha value is -0.570. The van der Waals surface area contributed by atoms with Crippen molar-refractivity contribution >= 4 is 5.97 Å². The van der Waals surface area contributed by atoms with Gasteiger partial charge >= 0.3 is 5.97 Å². The first-order valence-electron chi connectivity index (χ1n) is 18.1. The molecule has 0 aromatic rings. The zero-order chi connectivity index (χ0) is 28.5. The van der Waals surface area contributed by atoms with Gasteiger partial charge in [0.25, 0.3) is 0 Å². The highest BCUT2D eigenvalue weighted by Crippen LogP contribution is 2.16. The molecular weight excluding hydrogens is 480 g/mol. The van der Waals surface area contributed by atoms with Crippen LogP contribution in [-0.4, -0.2) is 17.4 Å². The van der Waals surface area contributed by atoms with Crippen molar-refractivity contribution in [2.45, 2.75) is 226 Å². The molecule has 1 atom stereocenters. The van der Waals surface area contributed by atoms with Crippen molar-refractivity contribution in [1.29, 1.82) is 0 Å². The van der Waals surface area contributed by atoms with Gasteiger partial charge < -0.3 is 9.84 Å². The van der Waals surface area contributed by atoms with Crippen molar-refractivity contribution in [2.24, 2.45) is 0 Å². The average Bonchev–Trinajstić information content (AvgIpc) is 2.93. The summed E-state index contributed by atoms with van der Waals surface area (Å²) < 4.78 is 5.20. The third-order valence-corrected chi connectivity index (χ3v) is 8.31. The highest BCUT2D eigenvalue weighted by molar-refractivity contribution is 5.69. The fraction of sp³-hybridized carbons (Fsp3) is 0.972. The highest BCUT2D eigenvalue weighted by Gasteiger charge is 2.10. The number of esters is 1. The lowest BCUT2D eigenvalue weighted by Crippen LogP contribution is -2.17. The lowest BCUT2D eigenvalue weighted by atomic mass is 10.0. The summed E-state index contributed by atoms with van der Waals surface area (Å²) in [4.78, 5) is 12.0. The maximum atomic E-state index is 12.0. The maximum absolute atomic E-state index is 12.0. The van der Waals surface area contributed by atoms with Gasteiger partial charge in [0.15, 0.2) is 0 Å². The predicted molar refractivity (Wildman–Crippen MR) is 171 cm³/mol. The van der Waals surface area contributed by atoms with Crippen LogP contribution in [0.25, 0.3) is 0 Å². The van der Waals surface area contributed by atoms with E-state index in [1.165, 1.54) is 167 Å². The van der Waals surface area contributed by atoms with E-state index in [2.05, 4.69) is 13.8 Å². The number of rotatable bonds is 33. The molecule has 0 aliphatic heterocycles. The molecule has 0 heterocycles. The lowest BCUT2D eigenvalue weighted by Gasteiger charge is -2.12. The summed E-state index contributed by atoms with van der Waals surface area (Å²) in [7, 11) is 0. The quantitative estimate of drug-likeness (QED) is 0.0500. The summed E-state index contributed by atoms with van der Waals surface area (Å²) in [6.45, 7) is 4.56. The van der Waals surface area contributed by atoms with Crippen LogP contribution in [0.1, 0.15) is 219 Å². The SMILES string of the molecule is CCCCCCCCCCCCCCCCCCCC(=O)OC(O)CCCCCCCCCCCCCCC. The van der Waals surface area contributed by atoms with Gasteiger partial charge in [0.2, 0.25) is 6.29 Å². The molecule has 0 aliphatic carbocycles. The first kappa shape index (κ1) is 38.4. The van der Waals surface area contributed by atoms with Gasteiger partial charge in [-0.05, 0) is 12.8 Å². The van der Waals surface area contributed by atoms with Crippen LogP contribution in [0, 0.1) is 0 Å². The molecule has 0 bridgehead atoms. The third kappa shape index (κ3) is 33.5. The zero-order valence-electron chi connectivity index (χ0n) is 27.0. The van der Waals surface area contributed by atoms with E-state index in [9.17, 15) is 9.90 Å². The molecule has 0 aromatic carbocycles. The topological polar surface area (TPSA) is 46.5 Å². The van der Waals surface area contributed by atoms with E-state index < -0.39 is 6.29 Å². The highest BCUT2D eigenvalue weighted by atomic mass is 16.6. The van der Waals surface area contributed by atoms with E-state index in [1.54, 1.807) is 0 Å². The minimum atomic E-state index is -0.906. The van der Waals surface area contributed by atoms with Crippen LogP contribution in [0.15, 0.2) is 0 Å². The average molecular weight is 553 g/mol. The Morgan fingerprint density at radius 2 is 0.692 bits per heavy atom. The first-order chi connectivity index (χ1) is 19.2. The molecule has 0 aliphatic rings. The maximum Gasteiger partial charge on any atom is 0.308 e.